The highest BCUT2D eigenvalue weighted by Gasteiger charge is 2.31. The van der Waals surface area contributed by atoms with Crippen LogP contribution in [-0.2, 0) is 4.84 Å². The van der Waals surface area contributed by atoms with E-state index in [4.69, 9.17) is 22.2 Å². The van der Waals surface area contributed by atoms with E-state index in [1.54, 1.807) is 35.7 Å². The summed E-state index contributed by atoms with van der Waals surface area (Å²) in [5.41, 5.74) is 7.35. The van der Waals surface area contributed by atoms with E-state index in [2.05, 4.69) is 25.3 Å². The van der Waals surface area contributed by atoms with Crippen LogP contribution in [0.2, 0.25) is 5.02 Å². The van der Waals surface area contributed by atoms with Crippen molar-refractivity contribution in [1.29, 1.82) is 0 Å². The van der Waals surface area contributed by atoms with Crippen molar-refractivity contribution >= 4 is 44.8 Å². The van der Waals surface area contributed by atoms with Crippen LogP contribution in [0.25, 0.3) is 16.3 Å². The molecule has 4 aromatic rings. The molecule has 0 radical (unpaired) electrons. The fourth-order valence-electron chi connectivity index (χ4n) is 2.77. The molecule has 2 heterocycles. The first-order valence-corrected chi connectivity index (χ1v) is 10.6. The zero-order valence-electron chi connectivity index (χ0n) is 17.1. The van der Waals surface area contributed by atoms with Crippen LogP contribution in [0.3, 0.4) is 0 Å². The molecule has 4 rings (SSSR count). The Bertz CT molecular complexity index is 1370. The summed E-state index contributed by atoms with van der Waals surface area (Å²) in [4.78, 5) is 21.9. The number of aryl methyl sites for hydroxylation is 1. The topological polar surface area (TPSA) is 116 Å². The van der Waals surface area contributed by atoms with Gasteiger partial charge in [-0.05, 0) is 55.5 Å². The fraction of sp³-hybridized carbons (Fsp3) is 0.100. The van der Waals surface area contributed by atoms with Crippen molar-refractivity contribution in [2.45, 2.75) is 13.3 Å². The number of amidine groups is 1. The maximum absolute atomic E-state index is 12.2. The van der Waals surface area contributed by atoms with Gasteiger partial charge in [0.25, 0.3) is 0 Å². The lowest BCUT2D eigenvalue weighted by Gasteiger charge is -2.09. The van der Waals surface area contributed by atoms with E-state index in [-0.39, 0.29) is 11.4 Å². The zero-order chi connectivity index (χ0) is 24.5. The number of aromatic nitrogens is 3. The predicted octanol–water partition coefficient (Wildman–Crippen LogP) is 5.19. The Hall–Kier alpha value is -3.84. The number of ether oxygens (including phenoxy) is 1. The summed E-state index contributed by atoms with van der Waals surface area (Å²) < 4.78 is 42.0. The largest absolute Gasteiger partial charge is 0.573 e. The van der Waals surface area contributed by atoms with Crippen LogP contribution in [0.1, 0.15) is 11.3 Å². The van der Waals surface area contributed by atoms with E-state index in [9.17, 15) is 18.0 Å². The van der Waals surface area contributed by atoms with Gasteiger partial charge in [-0.25, -0.2) is 9.31 Å². The highest BCUT2D eigenvalue weighted by atomic mass is 35.5. The molecule has 14 heteroatoms. The van der Waals surface area contributed by atoms with Crippen molar-refractivity contribution < 1.29 is 27.5 Å². The van der Waals surface area contributed by atoms with E-state index in [0.29, 0.717) is 26.5 Å². The molecule has 0 saturated carbocycles. The number of rotatable bonds is 5. The van der Waals surface area contributed by atoms with Gasteiger partial charge in [0.1, 0.15) is 10.8 Å². The molecule has 0 unspecified atom stereocenters. The Kier molecular flexibility index (Phi) is 6.30. The van der Waals surface area contributed by atoms with Crippen molar-refractivity contribution in [3.8, 4) is 17.1 Å². The van der Waals surface area contributed by atoms with Gasteiger partial charge < -0.3 is 10.5 Å². The van der Waals surface area contributed by atoms with Crippen LogP contribution in [0.15, 0.2) is 53.7 Å². The maximum Gasteiger partial charge on any atom is 0.573 e. The Balaban J connectivity index is 1.41. The molecule has 0 saturated heterocycles. The summed E-state index contributed by atoms with van der Waals surface area (Å²) in [5, 5.41) is 11.5. The molecular formula is C20H14ClF3N6O3S. The first-order chi connectivity index (χ1) is 16.1. The first kappa shape index (κ1) is 23.3. The third kappa shape index (κ3) is 5.38. The Labute approximate surface area is 198 Å². The Morgan fingerprint density at radius 3 is 2.47 bits per heavy atom. The number of amides is 1. The lowest BCUT2D eigenvalue weighted by Crippen LogP contribution is -2.18. The van der Waals surface area contributed by atoms with E-state index >= 15 is 0 Å². The standard InChI is InChI=1S/C20H14ClF3N6O3S/c1-10-17(34-18-26-16(28-30(10)18)12-2-6-13(21)7-3-12)27-19(31)33-29-15(25)11-4-8-14(9-5-11)32-20(22,23)24/h2-9H,1H3,(H2,25,29)(H,27,31). The molecule has 2 aromatic carbocycles. The number of thiazole rings is 1. The number of nitrogens with zero attached hydrogens (tertiary/aromatic N) is 4. The molecule has 2 aromatic heterocycles. The minimum Gasteiger partial charge on any atom is -0.406 e. The molecule has 0 fully saturated rings. The molecule has 0 aliphatic rings. The second-order valence-corrected chi connectivity index (χ2v) is 8.12. The number of nitrogens with one attached hydrogen (secondary N) is 1. The monoisotopic (exact) mass is 510 g/mol. The summed E-state index contributed by atoms with van der Waals surface area (Å²) in [6, 6.07) is 11.7. The first-order valence-electron chi connectivity index (χ1n) is 9.39. The van der Waals surface area contributed by atoms with Crippen molar-refractivity contribution in [1.82, 2.24) is 14.6 Å². The van der Waals surface area contributed by atoms with Gasteiger partial charge in [-0.1, -0.05) is 28.1 Å². The molecule has 34 heavy (non-hydrogen) atoms. The highest BCUT2D eigenvalue weighted by Crippen LogP contribution is 2.29. The number of anilines is 1. The number of carbonyl (C=O) groups is 1. The number of alkyl halides is 3. The lowest BCUT2D eigenvalue weighted by atomic mass is 10.2. The van der Waals surface area contributed by atoms with Gasteiger partial charge in [-0.3, -0.25) is 10.2 Å². The van der Waals surface area contributed by atoms with Crippen LogP contribution >= 0.6 is 22.9 Å². The van der Waals surface area contributed by atoms with Gasteiger partial charge in [-0.15, -0.1) is 18.3 Å². The summed E-state index contributed by atoms with van der Waals surface area (Å²) in [5.74, 6) is -0.140. The molecule has 176 valence electrons. The zero-order valence-corrected chi connectivity index (χ0v) is 18.7. The Morgan fingerprint density at radius 1 is 1.18 bits per heavy atom. The quantitative estimate of drug-likeness (QED) is 0.165. The number of benzene rings is 2. The van der Waals surface area contributed by atoms with E-state index in [0.717, 1.165) is 17.7 Å². The molecule has 0 aliphatic carbocycles. The molecule has 0 aliphatic heterocycles. The highest BCUT2D eigenvalue weighted by molar-refractivity contribution is 7.21. The number of oxime groups is 1. The molecule has 3 N–H and O–H groups in total. The second-order valence-electron chi connectivity index (χ2n) is 6.71. The maximum atomic E-state index is 12.2. The summed E-state index contributed by atoms with van der Waals surface area (Å²) >= 11 is 7.08. The average molecular weight is 511 g/mol. The summed E-state index contributed by atoms with van der Waals surface area (Å²) in [7, 11) is 0. The Morgan fingerprint density at radius 2 is 1.85 bits per heavy atom. The minimum absolute atomic E-state index is 0.222. The van der Waals surface area contributed by atoms with Crippen molar-refractivity contribution in [3.63, 3.8) is 0 Å². The van der Waals surface area contributed by atoms with Gasteiger partial charge in [0.05, 0.1) is 5.69 Å². The van der Waals surface area contributed by atoms with E-state index < -0.39 is 18.2 Å². The third-order valence-corrected chi connectivity index (χ3v) is 5.65. The predicted molar refractivity (Wildman–Crippen MR) is 120 cm³/mol. The smallest absolute Gasteiger partial charge is 0.406 e. The van der Waals surface area contributed by atoms with E-state index in [1.165, 1.54) is 23.5 Å². The van der Waals surface area contributed by atoms with Crippen LogP contribution in [0.5, 0.6) is 5.75 Å². The van der Waals surface area contributed by atoms with Crippen molar-refractivity contribution in [2.75, 3.05) is 5.32 Å². The SMILES string of the molecule is Cc1c(NC(=O)O/N=C(/N)c2ccc(OC(F)(F)F)cc2)sc2nc(-c3ccc(Cl)cc3)nn12. The molecule has 0 atom stereocenters. The minimum atomic E-state index is -4.81. The lowest BCUT2D eigenvalue weighted by molar-refractivity contribution is -0.274. The fourth-order valence-corrected chi connectivity index (χ4v) is 3.84. The van der Waals surface area contributed by atoms with Crippen LogP contribution in [0, 0.1) is 6.92 Å². The van der Waals surface area contributed by atoms with Gasteiger partial charge in [0.15, 0.2) is 11.7 Å². The normalized spacial score (nSPS) is 12.1. The molecule has 9 nitrogen and oxygen atoms in total. The molecule has 0 spiro atoms. The molecule has 1 amide bonds. The number of nitrogens with two attached hydrogens (primary N) is 1. The van der Waals surface area contributed by atoms with Crippen LogP contribution in [-0.4, -0.2) is 32.9 Å². The number of fused-ring (bicyclic) bond motifs is 1. The summed E-state index contributed by atoms with van der Waals surface area (Å²) in [6.45, 7) is 1.74. The van der Waals surface area contributed by atoms with Gasteiger partial charge >= 0.3 is 12.5 Å². The van der Waals surface area contributed by atoms with Gasteiger partial charge in [0.2, 0.25) is 4.96 Å². The van der Waals surface area contributed by atoms with E-state index in [1.807, 2.05) is 0 Å². The number of halogens is 4. The van der Waals surface area contributed by atoms with Gasteiger partial charge in [-0.2, -0.15) is 4.98 Å². The van der Waals surface area contributed by atoms with Crippen molar-refractivity contribution in [2.24, 2.45) is 10.9 Å². The summed E-state index contributed by atoms with van der Waals surface area (Å²) in [6.07, 6.45) is -5.73. The van der Waals surface area contributed by atoms with Crippen LogP contribution < -0.4 is 15.8 Å². The van der Waals surface area contributed by atoms with Crippen molar-refractivity contribution in [3.05, 3.63) is 64.8 Å². The number of carbonyl (C=O) groups excluding carboxylic acids is 1. The molecule has 0 bridgehead atoms. The second kappa shape index (κ2) is 9.19. The van der Waals surface area contributed by atoms with Crippen LogP contribution in [0.4, 0.5) is 23.0 Å². The number of hydrogen-bond donors (Lipinski definition) is 2. The number of hydrogen-bond acceptors (Lipinski definition) is 7. The molecular weight excluding hydrogens is 497 g/mol. The van der Waals surface area contributed by atoms with Gasteiger partial charge in [0, 0.05) is 16.1 Å². The third-order valence-electron chi connectivity index (χ3n) is 4.35. The average Bonchev–Trinajstić information content (AvgIpc) is 3.31.